The smallest absolute Gasteiger partial charge is 0.354 e. The fourth-order valence-corrected chi connectivity index (χ4v) is 3.80. The topological polar surface area (TPSA) is 74.2 Å². The molecule has 1 heterocycles. The van der Waals surface area contributed by atoms with Crippen LogP contribution in [0.2, 0.25) is 0 Å². The van der Waals surface area contributed by atoms with Gasteiger partial charge in [-0.3, -0.25) is 0 Å². The Kier molecular flexibility index (Phi) is 6.25. The Labute approximate surface area is 151 Å². The summed E-state index contributed by atoms with van der Waals surface area (Å²) in [6, 6.07) is 3.66. The molecule has 2 aromatic rings. The number of aryl methyl sites for hydroxylation is 1. The molecule has 0 saturated heterocycles. The van der Waals surface area contributed by atoms with E-state index in [1.165, 1.54) is 12.8 Å². The molecule has 1 aromatic carbocycles. The predicted molar refractivity (Wildman–Crippen MR) is 96.7 cm³/mol. The SMILES string of the molecule is CCCCCCCc1c(C#N)c(=O)oc2c(Br)c(O)c(Br)cc12. The summed E-state index contributed by atoms with van der Waals surface area (Å²) in [5.41, 5.74) is 0.360. The summed E-state index contributed by atoms with van der Waals surface area (Å²) >= 11 is 6.54. The van der Waals surface area contributed by atoms with Crippen molar-refractivity contribution in [2.75, 3.05) is 0 Å². The zero-order chi connectivity index (χ0) is 17.0. The highest BCUT2D eigenvalue weighted by Gasteiger charge is 2.19. The molecule has 0 aliphatic heterocycles. The molecule has 0 bridgehead atoms. The third-order valence-electron chi connectivity index (χ3n) is 3.82. The number of nitrogens with zero attached hydrogens (tertiary/aromatic N) is 1. The molecule has 6 heteroatoms. The lowest BCUT2D eigenvalue weighted by Crippen LogP contribution is -2.09. The molecular weight excluding hydrogens is 426 g/mol. The van der Waals surface area contributed by atoms with Crippen LogP contribution in [0.25, 0.3) is 11.0 Å². The lowest BCUT2D eigenvalue weighted by molar-refractivity contribution is 0.465. The van der Waals surface area contributed by atoms with Crippen LogP contribution in [0, 0.1) is 11.3 Å². The first-order chi connectivity index (χ1) is 11.0. The fraction of sp³-hybridized carbons (Fsp3) is 0.412. The average Bonchev–Trinajstić information content (AvgIpc) is 2.53. The van der Waals surface area contributed by atoms with Gasteiger partial charge in [0.2, 0.25) is 0 Å². The van der Waals surface area contributed by atoms with E-state index >= 15 is 0 Å². The summed E-state index contributed by atoms with van der Waals surface area (Å²) in [6.45, 7) is 2.16. The van der Waals surface area contributed by atoms with Crippen molar-refractivity contribution in [3.8, 4) is 11.8 Å². The van der Waals surface area contributed by atoms with Crippen molar-refractivity contribution < 1.29 is 9.52 Å². The van der Waals surface area contributed by atoms with Crippen LogP contribution in [-0.2, 0) is 6.42 Å². The van der Waals surface area contributed by atoms with E-state index in [0.29, 0.717) is 26.3 Å². The largest absolute Gasteiger partial charge is 0.505 e. The second kappa shape index (κ2) is 7.98. The molecule has 23 heavy (non-hydrogen) atoms. The highest BCUT2D eigenvalue weighted by molar-refractivity contribution is 9.11. The van der Waals surface area contributed by atoms with Crippen molar-refractivity contribution in [1.29, 1.82) is 5.26 Å². The van der Waals surface area contributed by atoms with Crippen LogP contribution in [-0.4, -0.2) is 5.11 Å². The van der Waals surface area contributed by atoms with E-state index in [-0.39, 0.29) is 16.9 Å². The van der Waals surface area contributed by atoms with Crippen LogP contribution in [0.5, 0.6) is 5.75 Å². The van der Waals surface area contributed by atoms with Gasteiger partial charge in [0.15, 0.2) is 5.58 Å². The number of phenols is 1. The third-order valence-corrected chi connectivity index (χ3v) is 5.16. The maximum Gasteiger partial charge on any atom is 0.354 e. The molecule has 0 saturated carbocycles. The lowest BCUT2D eigenvalue weighted by atomic mass is 9.98. The number of hydrogen-bond acceptors (Lipinski definition) is 4. The average molecular weight is 443 g/mol. The van der Waals surface area contributed by atoms with E-state index in [9.17, 15) is 15.2 Å². The van der Waals surface area contributed by atoms with Crippen molar-refractivity contribution >= 4 is 42.8 Å². The molecule has 122 valence electrons. The van der Waals surface area contributed by atoms with Crippen LogP contribution in [0.4, 0.5) is 0 Å². The van der Waals surface area contributed by atoms with Crippen LogP contribution >= 0.6 is 31.9 Å². The third kappa shape index (κ3) is 3.78. The van der Waals surface area contributed by atoms with Crippen LogP contribution in [0.15, 0.2) is 24.2 Å². The number of aromatic hydroxyl groups is 1. The van der Waals surface area contributed by atoms with Gasteiger partial charge in [0.05, 0.1) is 4.47 Å². The van der Waals surface area contributed by atoms with Gasteiger partial charge < -0.3 is 9.52 Å². The minimum atomic E-state index is -0.661. The molecular formula is C17H17Br2NO3. The van der Waals surface area contributed by atoms with Crippen LogP contribution in [0.3, 0.4) is 0 Å². The van der Waals surface area contributed by atoms with Crippen molar-refractivity contribution in [1.82, 2.24) is 0 Å². The van der Waals surface area contributed by atoms with Crippen molar-refractivity contribution in [3.05, 3.63) is 36.6 Å². The Morgan fingerprint density at radius 3 is 2.61 bits per heavy atom. The number of benzene rings is 1. The minimum absolute atomic E-state index is 0.0285. The van der Waals surface area contributed by atoms with Crippen LogP contribution < -0.4 is 5.63 Å². The second-order valence-corrected chi connectivity index (χ2v) is 7.06. The van der Waals surface area contributed by atoms with Gasteiger partial charge in [-0.15, -0.1) is 0 Å². The first-order valence-electron chi connectivity index (χ1n) is 7.58. The molecule has 0 unspecified atom stereocenters. The normalized spacial score (nSPS) is 10.9. The van der Waals surface area contributed by atoms with Gasteiger partial charge in [-0.2, -0.15) is 5.26 Å². The Balaban J connectivity index is 2.51. The number of halogens is 2. The maximum atomic E-state index is 12.1. The van der Waals surface area contributed by atoms with E-state index in [4.69, 9.17) is 4.42 Å². The van der Waals surface area contributed by atoms with E-state index in [0.717, 1.165) is 19.3 Å². The number of fused-ring (bicyclic) bond motifs is 1. The Hall–Kier alpha value is -1.32. The molecule has 0 aliphatic carbocycles. The first-order valence-corrected chi connectivity index (χ1v) is 9.16. The number of nitriles is 1. The zero-order valence-corrected chi connectivity index (χ0v) is 16.0. The molecule has 1 N–H and O–H groups in total. The molecule has 0 aliphatic rings. The van der Waals surface area contributed by atoms with Crippen molar-refractivity contribution in [2.24, 2.45) is 0 Å². The summed E-state index contributed by atoms with van der Waals surface area (Å²) in [7, 11) is 0. The summed E-state index contributed by atoms with van der Waals surface area (Å²) < 4.78 is 6.03. The standard InChI is InChI=1S/C17H17Br2NO3/c1-2-3-4-5-6-7-10-11-8-13(18)15(21)14(19)16(11)23-17(22)12(10)9-20/h8,21H,2-7H2,1H3. The molecule has 1 aromatic heterocycles. The molecule has 0 radical (unpaired) electrons. The van der Waals surface area contributed by atoms with Gasteiger partial charge in [-0.1, -0.05) is 32.6 Å². The molecule has 0 atom stereocenters. The summed E-state index contributed by atoms with van der Waals surface area (Å²) in [5.74, 6) is -0.0285. The van der Waals surface area contributed by atoms with E-state index in [1.807, 2.05) is 6.07 Å². The molecule has 2 rings (SSSR count). The van der Waals surface area contributed by atoms with Gasteiger partial charge in [0, 0.05) is 5.39 Å². The van der Waals surface area contributed by atoms with Gasteiger partial charge in [0.1, 0.15) is 21.9 Å². The summed E-state index contributed by atoms with van der Waals surface area (Å²) in [6.07, 6.45) is 6.10. The van der Waals surface area contributed by atoms with Crippen LogP contribution in [0.1, 0.15) is 50.2 Å². The van der Waals surface area contributed by atoms with Gasteiger partial charge >= 0.3 is 5.63 Å². The Morgan fingerprint density at radius 2 is 1.96 bits per heavy atom. The first kappa shape index (κ1) is 18.0. The van der Waals surface area contributed by atoms with Gasteiger partial charge in [0.25, 0.3) is 0 Å². The second-order valence-electron chi connectivity index (χ2n) is 5.42. The highest BCUT2D eigenvalue weighted by atomic mass is 79.9. The molecule has 0 fully saturated rings. The molecule has 0 amide bonds. The number of phenolic OH excluding ortho intramolecular Hbond substituents is 1. The monoisotopic (exact) mass is 441 g/mol. The quantitative estimate of drug-likeness (QED) is 0.479. The number of hydrogen-bond donors (Lipinski definition) is 1. The summed E-state index contributed by atoms with van der Waals surface area (Å²) in [4.78, 5) is 12.1. The fourth-order valence-electron chi connectivity index (χ4n) is 2.59. The van der Waals surface area contributed by atoms with Crippen molar-refractivity contribution in [2.45, 2.75) is 45.4 Å². The van der Waals surface area contributed by atoms with E-state index in [2.05, 4.69) is 38.8 Å². The maximum absolute atomic E-state index is 12.1. The van der Waals surface area contributed by atoms with E-state index in [1.54, 1.807) is 6.07 Å². The molecule has 4 nitrogen and oxygen atoms in total. The summed E-state index contributed by atoms with van der Waals surface area (Å²) in [5, 5.41) is 19.9. The van der Waals surface area contributed by atoms with Crippen molar-refractivity contribution in [3.63, 3.8) is 0 Å². The number of unbranched alkanes of at least 4 members (excludes halogenated alkanes) is 4. The number of rotatable bonds is 6. The minimum Gasteiger partial charge on any atom is -0.505 e. The Morgan fingerprint density at radius 1 is 1.26 bits per heavy atom. The zero-order valence-electron chi connectivity index (χ0n) is 12.8. The highest BCUT2D eigenvalue weighted by Crippen LogP contribution is 2.40. The molecule has 0 spiro atoms. The van der Waals surface area contributed by atoms with Gasteiger partial charge in [-0.05, 0) is 56.3 Å². The van der Waals surface area contributed by atoms with Gasteiger partial charge in [-0.25, -0.2) is 4.79 Å². The Bertz CT molecular complexity index is 821. The van der Waals surface area contributed by atoms with E-state index < -0.39 is 5.63 Å². The predicted octanol–water partition coefficient (Wildman–Crippen LogP) is 5.41. The lowest BCUT2D eigenvalue weighted by Gasteiger charge is -2.10.